The van der Waals surface area contributed by atoms with Gasteiger partial charge in [-0.3, -0.25) is 0 Å². The lowest BCUT2D eigenvalue weighted by molar-refractivity contribution is 0.126. The first-order valence-electron chi connectivity index (χ1n) is 7.85. The summed E-state index contributed by atoms with van der Waals surface area (Å²) < 4.78 is 5.65. The van der Waals surface area contributed by atoms with Crippen LogP contribution in [0.4, 0.5) is 0 Å². The molecule has 0 aliphatic carbocycles. The lowest BCUT2D eigenvalue weighted by atomic mass is 10.2. The Morgan fingerprint density at radius 3 is 2.75 bits per heavy atom. The number of rotatable bonds is 6. The monoisotopic (exact) mass is 340 g/mol. The number of aliphatic hydroxyl groups is 1. The molecule has 4 nitrogen and oxygen atoms in total. The molecular weight excluding hydrogens is 320 g/mol. The van der Waals surface area contributed by atoms with Crippen LogP contribution in [0.3, 0.4) is 0 Å². The van der Waals surface area contributed by atoms with Gasteiger partial charge in [-0.2, -0.15) is 0 Å². The van der Waals surface area contributed by atoms with E-state index in [1.165, 1.54) is 11.8 Å². The van der Waals surface area contributed by atoms with E-state index in [2.05, 4.69) is 9.97 Å². The molecule has 0 fully saturated rings. The number of benzene rings is 2. The number of para-hydroxylation sites is 1. The molecule has 2 aromatic carbocycles. The summed E-state index contributed by atoms with van der Waals surface area (Å²) in [6, 6.07) is 15.7. The Kier molecular flexibility index (Phi) is 5.33. The fourth-order valence-electron chi connectivity index (χ4n) is 2.39. The normalized spacial score (nSPS) is 12.3. The SMILES string of the molecule is Cc1cccc(OC[C@@H](O)CSc2nc(C)nc3ccccc23)c1. The highest BCUT2D eigenvalue weighted by Gasteiger charge is 2.11. The third-order valence-electron chi connectivity index (χ3n) is 3.52. The van der Waals surface area contributed by atoms with Crippen molar-refractivity contribution in [3.63, 3.8) is 0 Å². The highest BCUT2D eigenvalue weighted by atomic mass is 32.2. The van der Waals surface area contributed by atoms with Crippen LogP contribution in [0.15, 0.2) is 53.6 Å². The first-order valence-corrected chi connectivity index (χ1v) is 8.84. The number of fused-ring (bicyclic) bond motifs is 1. The van der Waals surface area contributed by atoms with E-state index >= 15 is 0 Å². The van der Waals surface area contributed by atoms with Crippen LogP contribution in [0, 0.1) is 13.8 Å². The standard InChI is InChI=1S/C19H20N2O2S/c1-13-6-5-7-16(10-13)23-11-15(22)12-24-19-17-8-3-4-9-18(17)20-14(2)21-19/h3-10,15,22H,11-12H2,1-2H3/t15-/m1/s1. The Morgan fingerprint density at radius 1 is 1.08 bits per heavy atom. The molecule has 0 radical (unpaired) electrons. The first kappa shape index (κ1) is 16.7. The molecule has 1 heterocycles. The molecule has 124 valence electrons. The summed E-state index contributed by atoms with van der Waals surface area (Å²) in [5, 5.41) is 12.1. The minimum atomic E-state index is -0.565. The zero-order valence-corrected chi connectivity index (χ0v) is 14.6. The molecule has 0 spiro atoms. The van der Waals surface area contributed by atoms with Gasteiger partial charge in [-0.1, -0.05) is 30.3 Å². The molecule has 0 amide bonds. The van der Waals surface area contributed by atoms with Crippen LogP contribution < -0.4 is 4.74 Å². The zero-order valence-electron chi connectivity index (χ0n) is 13.8. The fourth-order valence-corrected chi connectivity index (χ4v) is 3.36. The molecule has 0 aliphatic heterocycles. The van der Waals surface area contributed by atoms with Gasteiger partial charge in [0.05, 0.1) is 11.6 Å². The van der Waals surface area contributed by atoms with Gasteiger partial charge in [-0.25, -0.2) is 9.97 Å². The zero-order chi connectivity index (χ0) is 16.9. The first-order chi connectivity index (χ1) is 11.6. The number of aryl methyl sites for hydroxylation is 2. The van der Waals surface area contributed by atoms with Crippen LogP contribution >= 0.6 is 11.8 Å². The average Bonchev–Trinajstić information content (AvgIpc) is 2.57. The predicted molar refractivity (Wildman–Crippen MR) is 97.7 cm³/mol. The maximum absolute atomic E-state index is 10.2. The molecule has 0 bridgehead atoms. The number of nitrogens with zero attached hydrogens (tertiary/aromatic N) is 2. The van der Waals surface area contributed by atoms with Crippen LogP contribution in [0.25, 0.3) is 10.9 Å². The topological polar surface area (TPSA) is 55.2 Å². The Hall–Kier alpha value is -2.11. The van der Waals surface area contributed by atoms with Gasteiger partial charge < -0.3 is 9.84 Å². The molecule has 0 saturated carbocycles. The fraction of sp³-hybridized carbons (Fsp3) is 0.263. The lowest BCUT2D eigenvalue weighted by Gasteiger charge is -2.13. The molecule has 5 heteroatoms. The Morgan fingerprint density at radius 2 is 1.92 bits per heavy atom. The Balaban J connectivity index is 1.61. The average molecular weight is 340 g/mol. The highest BCUT2D eigenvalue weighted by Crippen LogP contribution is 2.25. The molecule has 3 rings (SSSR count). The summed E-state index contributed by atoms with van der Waals surface area (Å²) in [4.78, 5) is 8.94. The predicted octanol–water partition coefficient (Wildman–Crippen LogP) is 3.78. The molecule has 0 saturated heterocycles. The van der Waals surface area contributed by atoms with Gasteiger partial charge in [0.15, 0.2) is 0 Å². The second-order valence-corrected chi connectivity index (χ2v) is 6.69. The van der Waals surface area contributed by atoms with Gasteiger partial charge >= 0.3 is 0 Å². The van der Waals surface area contributed by atoms with Crippen LogP contribution in [0.2, 0.25) is 0 Å². The summed E-state index contributed by atoms with van der Waals surface area (Å²) in [6.45, 7) is 4.16. The second kappa shape index (κ2) is 7.64. The van der Waals surface area contributed by atoms with E-state index in [0.29, 0.717) is 5.75 Å². The molecule has 1 N–H and O–H groups in total. The maximum Gasteiger partial charge on any atom is 0.127 e. The summed E-state index contributed by atoms with van der Waals surface area (Å²) in [7, 11) is 0. The summed E-state index contributed by atoms with van der Waals surface area (Å²) in [6.07, 6.45) is -0.565. The van der Waals surface area contributed by atoms with Crippen molar-refractivity contribution in [2.45, 2.75) is 25.0 Å². The molecule has 0 aliphatic rings. The molecule has 24 heavy (non-hydrogen) atoms. The van der Waals surface area contributed by atoms with Crippen LogP contribution in [-0.2, 0) is 0 Å². The van der Waals surface area contributed by atoms with Crippen molar-refractivity contribution in [2.24, 2.45) is 0 Å². The smallest absolute Gasteiger partial charge is 0.127 e. The molecule has 3 aromatic rings. The van der Waals surface area contributed by atoms with E-state index in [-0.39, 0.29) is 6.61 Å². The summed E-state index contributed by atoms with van der Waals surface area (Å²) in [5.74, 6) is 2.04. The van der Waals surface area contributed by atoms with E-state index in [0.717, 1.165) is 33.1 Å². The van der Waals surface area contributed by atoms with Crippen molar-refractivity contribution in [3.8, 4) is 5.75 Å². The number of hydrogen-bond acceptors (Lipinski definition) is 5. The van der Waals surface area contributed by atoms with Crippen LogP contribution in [0.1, 0.15) is 11.4 Å². The molecule has 0 unspecified atom stereocenters. The lowest BCUT2D eigenvalue weighted by Crippen LogP contribution is -2.20. The summed E-state index contributed by atoms with van der Waals surface area (Å²) in [5.41, 5.74) is 2.07. The maximum atomic E-state index is 10.2. The van der Waals surface area contributed by atoms with Crippen molar-refractivity contribution >= 4 is 22.7 Å². The van der Waals surface area contributed by atoms with Crippen molar-refractivity contribution in [1.82, 2.24) is 9.97 Å². The summed E-state index contributed by atoms with van der Waals surface area (Å²) >= 11 is 1.53. The van der Waals surface area contributed by atoms with Gasteiger partial charge in [0.25, 0.3) is 0 Å². The van der Waals surface area contributed by atoms with E-state index in [1.54, 1.807) is 0 Å². The highest BCUT2D eigenvalue weighted by molar-refractivity contribution is 7.99. The minimum Gasteiger partial charge on any atom is -0.491 e. The van der Waals surface area contributed by atoms with Crippen LogP contribution in [0.5, 0.6) is 5.75 Å². The van der Waals surface area contributed by atoms with Crippen molar-refractivity contribution < 1.29 is 9.84 Å². The molecule has 1 aromatic heterocycles. The van der Waals surface area contributed by atoms with Gasteiger partial charge in [0.2, 0.25) is 0 Å². The van der Waals surface area contributed by atoms with E-state index < -0.39 is 6.10 Å². The third-order valence-corrected chi connectivity index (χ3v) is 4.66. The Bertz CT molecular complexity index is 838. The Labute approximate surface area is 145 Å². The number of thioether (sulfide) groups is 1. The number of aliphatic hydroxyl groups excluding tert-OH is 1. The number of aromatic nitrogens is 2. The van der Waals surface area contributed by atoms with E-state index in [9.17, 15) is 5.11 Å². The van der Waals surface area contributed by atoms with Gasteiger partial charge in [0.1, 0.15) is 23.2 Å². The van der Waals surface area contributed by atoms with E-state index in [1.807, 2.05) is 62.4 Å². The molecule has 1 atom stereocenters. The van der Waals surface area contributed by atoms with Gasteiger partial charge in [-0.15, -0.1) is 11.8 Å². The van der Waals surface area contributed by atoms with Gasteiger partial charge in [-0.05, 0) is 37.6 Å². The quantitative estimate of drug-likeness (QED) is 0.547. The number of hydrogen-bond donors (Lipinski definition) is 1. The van der Waals surface area contributed by atoms with E-state index in [4.69, 9.17) is 4.74 Å². The van der Waals surface area contributed by atoms with Crippen molar-refractivity contribution in [1.29, 1.82) is 0 Å². The van der Waals surface area contributed by atoms with Gasteiger partial charge in [0, 0.05) is 11.1 Å². The van der Waals surface area contributed by atoms with Crippen LogP contribution in [-0.4, -0.2) is 33.5 Å². The van der Waals surface area contributed by atoms with Crippen molar-refractivity contribution in [3.05, 3.63) is 59.9 Å². The largest absolute Gasteiger partial charge is 0.491 e. The number of ether oxygens (including phenoxy) is 1. The second-order valence-electron chi connectivity index (χ2n) is 5.69. The third kappa shape index (κ3) is 4.24. The minimum absolute atomic E-state index is 0.262. The van der Waals surface area contributed by atoms with Crippen molar-refractivity contribution in [2.75, 3.05) is 12.4 Å². The molecular formula is C19H20N2O2S.